The molecule has 9 heteroatoms. The van der Waals surface area contributed by atoms with Gasteiger partial charge in [-0.2, -0.15) is 4.31 Å². The van der Waals surface area contributed by atoms with E-state index in [0.717, 1.165) is 35.6 Å². The number of sulfonamides is 1. The summed E-state index contributed by atoms with van der Waals surface area (Å²) in [7, 11) is 1.73. The highest BCUT2D eigenvalue weighted by molar-refractivity contribution is 8.00. The molecule has 1 amide bonds. The number of nitrogens with zero attached hydrogens (tertiary/aromatic N) is 2. The molecule has 3 rings (SSSR count). The highest BCUT2D eigenvalue weighted by Gasteiger charge is 2.27. The summed E-state index contributed by atoms with van der Waals surface area (Å²) in [6.07, 6.45) is 2.80. The molecular weight excluding hydrogens is 434 g/mol. The minimum atomic E-state index is -3.58. The lowest BCUT2D eigenvalue weighted by molar-refractivity contribution is -0.113. The van der Waals surface area contributed by atoms with E-state index in [9.17, 15) is 13.2 Å². The monoisotopic (exact) mass is 463 g/mol. The van der Waals surface area contributed by atoms with Crippen LogP contribution in [0.15, 0.2) is 52.3 Å². The number of hydrogen-bond donors (Lipinski definition) is 1. The molecule has 7 nitrogen and oxygen atoms in total. The fourth-order valence-corrected chi connectivity index (χ4v) is 5.73. The van der Waals surface area contributed by atoms with Gasteiger partial charge in [0.2, 0.25) is 15.9 Å². The Morgan fingerprint density at radius 2 is 1.87 bits per heavy atom. The Kier molecular flexibility index (Phi) is 7.85. The van der Waals surface area contributed by atoms with E-state index in [1.165, 1.54) is 16.1 Å². The molecule has 0 radical (unpaired) electrons. The van der Waals surface area contributed by atoms with Gasteiger partial charge in [-0.05, 0) is 49.2 Å². The summed E-state index contributed by atoms with van der Waals surface area (Å²) in [4.78, 5) is 15.6. The fraction of sp³-hybridized carbons (Fsp3) is 0.409. The van der Waals surface area contributed by atoms with Crippen LogP contribution in [0.2, 0.25) is 0 Å². The highest BCUT2D eigenvalue weighted by atomic mass is 32.2. The number of methoxy groups -OCH3 is 1. The number of rotatable bonds is 8. The van der Waals surface area contributed by atoms with Crippen molar-refractivity contribution in [3.63, 3.8) is 0 Å². The van der Waals surface area contributed by atoms with Crippen LogP contribution in [0, 0.1) is 0 Å². The van der Waals surface area contributed by atoms with E-state index in [0.29, 0.717) is 18.8 Å². The van der Waals surface area contributed by atoms with Crippen molar-refractivity contribution in [2.45, 2.75) is 29.1 Å². The molecule has 2 aromatic rings. The van der Waals surface area contributed by atoms with Crippen LogP contribution in [0.3, 0.4) is 0 Å². The quantitative estimate of drug-likeness (QED) is 0.602. The predicted octanol–water partition coefficient (Wildman–Crippen LogP) is 3.67. The summed E-state index contributed by atoms with van der Waals surface area (Å²) < 4.78 is 32.9. The Labute approximate surface area is 188 Å². The second-order valence-corrected chi connectivity index (χ2v) is 10.5. The van der Waals surface area contributed by atoms with Gasteiger partial charge in [0.25, 0.3) is 0 Å². The minimum absolute atomic E-state index is 0.198. The van der Waals surface area contributed by atoms with E-state index >= 15 is 0 Å². The maximum absolute atomic E-state index is 13.1. The van der Waals surface area contributed by atoms with Crippen LogP contribution < -0.4 is 15.0 Å². The van der Waals surface area contributed by atoms with E-state index in [-0.39, 0.29) is 16.6 Å². The molecule has 0 saturated carbocycles. The van der Waals surface area contributed by atoms with Crippen molar-refractivity contribution in [3.8, 4) is 5.75 Å². The molecule has 1 aliphatic heterocycles. The van der Waals surface area contributed by atoms with Crippen molar-refractivity contribution in [1.29, 1.82) is 0 Å². The first-order valence-electron chi connectivity index (χ1n) is 10.2. The van der Waals surface area contributed by atoms with E-state index < -0.39 is 10.0 Å². The minimum Gasteiger partial charge on any atom is -0.497 e. The summed E-state index contributed by atoms with van der Waals surface area (Å²) in [5, 5.41) is 2.89. The van der Waals surface area contributed by atoms with E-state index in [4.69, 9.17) is 4.74 Å². The third kappa shape index (κ3) is 5.93. The van der Waals surface area contributed by atoms with Gasteiger partial charge in [-0.1, -0.05) is 12.5 Å². The number of benzene rings is 2. The summed E-state index contributed by atoms with van der Waals surface area (Å²) in [5.74, 6) is 0.725. The zero-order valence-electron chi connectivity index (χ0n) is 18.1. The van der Waals surface area contributed by atoms with Crippen molar-refractivity contribution in [3.05, 3.63) is 42.5 Å². The standard InChI is InChI=1S/C22H29N3O4S2/c1-24(2)21-11-10-19(31(27,28)25-12-5-4-6-13-25)15-20(21)23-22(26)16-30-18-9-7-8-17(14-18)29-3/h7-11,14-15H,4-6,12-13,16H2,1-3H3,(H,23,26). The van der Waals surface area contributed by atoms with Crippen LogP contribution in [0.25, 0.3) is 0 Å². The van der Waals surface area contributed by atoms with Crippen molar-refractivity contribution in [1.82, 2.24) is 4.31 Å². The molecule has 1 fully saturated rings. The van der Waals surface area contributed by atoms with Crippen LogP contribution in [-0.4, -0.2) is 58.7 Å². The highest BCUT2D eigenvalue weighted by Crippen LogP contribution is 2.30. The molecule has 2 aromatic carbocycles. The van der Waals surface area contributed by atoms with Crippen LogP contribution in [-0.2, 0) is 14.8 Å². The first-order valence-corrected chi connectivity index (χ1v) is 12.6. The normalized spacial score (nSPS) is 14.8. The summed E-state index contributed by atoms with van der Waals surface area (Å²) in [6.45, 7) is 1.08. The Morgan fingerprint density at radius 3 is 2.55 bits per heavy atom. The molecule has 0 bridgehead atoms. The average molecular weight is 464 g/mol. The van der Waals surface area contributed by atoms with Crippen LogP contribution >= 0.6 is 11.8 Å². The van der Waals surface area contributed by atoms with Crippen molar-refractivity contribution >= 4 is 39.1 Å². The number of hydrogen-bond acceptors (Lipinski definition) is 6. The van der Waals surface area contributed by atoms with Crippen LogP contribution in [0.1, 0.15) is 19.3 Å². The molecule has 0 atom stereocenters. The average Bonchev–Trinajstić information content (AvgIpc) is 2.78. The Morgan fingerprint density at radius 1 is 1.13 bits per heavy atom. The molecular formula is C22H29N3O4S2. The number of ether oxygens (including phenoxy) is 1. The van der Waals surface area contributed by atoms with Gasteiger partial charge < -0.3 is 15.0 Å². The zero-order valence-corrected chi connectivity index (χ0v) is 19.8. The van der Waals surface area contributed by atoms with Crippen molar-refractivity contribution in [2.24, 2.45) is 0 Å². The molecule has 168 valence electrons. The first-order chi connectivity index (χ1) is 14.8. The maximum atomic E-state index is 13.1. The number of carbonyl (C=O) groups excluding carboxylic acids is 1. The Balaban J connectivity index is 1.76. The first kappa shape index (κ1) is 23.4. The van der Waals surface area contributed by atoms with Crippen LogP contribution in [0.4, 0.5) is 11.4 Å². The largest absolute Gasteiger partial charge is 0.497 e. The Bertz CT molecular complexity index is 1020. The molecule has 0 aromatic heterocycles. The van der Waals surface area contributed by atoms with Gasteiger partial charge in [-0.25, -0.2) is 8.42 Å². The van der Waals surface area contributed by atoms with Crippen LogP contribution in [0.5, 0.6) is 5.75 Å². The topological polar surface area (TPSA) is 78.9 Å². The summed E-state index contributed by atoms with van der Waals surface area (Å²) >= 11 is 1.39. The SMILES string of the molecule is COc1cccc(SCC(=O)Nc2cc(S(=O)(=O)N3CCCCC3)ccc2N(C)C)c1. The van der Waals surface area contributed by atoms with Gasteiger partial charge in [0.05, 0.1) is 29.1 Å². The second kappa shape index (κ2) is 10.4. The number of amides is 1. The Hall–Kier alpha value is -2.23. The predicted molar refractivity (Wildman–Crippen MR) is 126 cm³/mol. The second-order valence-electron chi connectivity index (χ2n) is 7.55. The van der Waals surface area contributed by atoms with E-state index in [1.807, 2.05) is 43.3 Å². The summed E-state index contributed by atoms with van der Waals surface area (Å²) in [6, 6.07) is 12.4. The van der Waals surface area contributed by atoms with Gasteiger partial charge >= 0.3 is 0 Å². The maximum Gasteiger partial charge on any atom is 0.243 e. The number of nitrogens with one attached hydrogen (secondary N) is 1. The third-order valence-corrected chi connectivity index (χ3v) is 7.98. The van der Waals surface area contributed by atoms with Gasteiger partial charge in [0.1, 0.15) is 5.75 Å². The smallest absolute Gasteiger partial charge is 0.243 e. The van der Waals surface area contributed by atoms with Gasteiger partial charge in [0, 0.05) is 32.1 Å². The van der Waals surface area contributed by atoms with Crippen molar-refractivity contribution < 1.29 is 17.9 Å². The zero-order chi connectivity index (χ0) is 22.4. The molecule has 1 heterocycles. The summed E-state index contributed by atoms with van der Waals surface area (Å²) in [5.41, 5.74) is 1.23. The van der Waals surface area contributed by atoms with E-state index in [1.54, 1.807) is 25.3 Å². The molecule has 0 spiro atoms. The number of thioether (sulfide) groups is 1. The van der Waals surface area contributed by atoms with Crippen molar-refractivity contribution in [2.75, 3.05) is 50.3 Å². The number of anilines is 2. The molecule has 0 unspecified atom stereocenters. The van der Waals surface area contributed by atoms with E-state index in [2.05, 4.69) is 5.32 Å². The molecule has 1 saturated heterocycles. The van der Waals surface area contributed by atoms with Gasteiger partial charge in [-0.15, -0.1) is 11.8 Å². The fourth-order valence-electron chi connectivity index (χ4n) is 3.45. The molecule has 1 N–H and O–H groups in total. The van der Waals surface area contributed by atoms with Gasteiger partial charge in [-0.3, -0.25) is 4.79 Å². The number of carbonyl (C=O) groups is 1. The molecule has 1 aliphatic rings. The lowest BCUT2D eigenvalue weighted by Crippen LogP contribution is -2.35. The molecule has 31 heavy (non-hydrogen) atoms. The lowest BCUT2D eigenvalue weighted by atomic mass is 10.2. The third-order valence-electron chi connectivity index (χ3n) is 5.09. The molecule has 0 aliphatic carbocycles. The lowest BCUT2D eigenvalue weighted by Gasteiger charge is -2.26. The number of piperidine rings is 1. The van der Waals surface area contributed by atoms with Gasteiger partial charge in [0.15, 0.2) is 0 Å².